The van der Waals surface area contributed by atoms with Crippen LogP contribution >= 0.6 is 11.3 Å². The van der Waals surface area contributed by atoms with Crippen LogP contribution in [0.3, 0.4) is 0 Å². The molecule has 0 aliphatic rings. The van der Waals surface area contributed by atoms with Crippen LogP contribution in [0.2, 0.25) is 0 Å². The second kappa shape index (κ2) is 6.91. The fourth-order valence-electron chi connectivity index (χ4n) is 2.32. The number of nitrogens with one attached hydrogen (secondary N) is 1. The molecule has 6 nitrogen and oxygen atoms in total. The van der Waals surface area contributed by atoms with Crippen molar-refractivity contribution in [1.82, 2.24) is 14.5 Å². The summed E-state index contributed by atoms with van der Waals surface area (Å²) in [6.45, 7) is 6.03. The van der Waals surface area contributed by atoms with Crippen molar-refractivity contribution in [2.45, 2.75) is 52.7 Å². The SMILES string of the molecule is CCCCn1c(=O)n(CC(=O)NC(C)C)c(=O)c2sccc21. The monoisotopic (exact) mass is 323 g/mol. The van der Waals surface area contributed by atoms with E-state index in [4.69, 9.17) is 0 Å². The molecule has 2 heterocycles. The number of hydrogen-bond donors (Lipinski definition) is 1. The van der Waals surface area contributed by atoms with Crippen molar-refractivity contribution >= 4 is 27.5 Å². The molecule has 0 bridgehead atoms. The van der Waals surface area contributed by atoms with Crippen molar-refractivity contribution < 1.29 is 4.79 Å². The zero-order chi connectivity index (χ0) is 16.3. The molecule has 0 atom stereocenters. The number of thiophene rings is 1. The van der Waals surface area contributed by atoms with Crippen LogP contribution < -0.4 is 16.6 Å². The Labute approximate surface area is 132 Å². The Morgan fingerprint density at radius 1 is 1.32 bits per heavy atom. The number of carbonyl (C=O) groups is 1. The number of aryl methyl sites for hydroxylation is 1. The van der Waals surface area contributed by atoms with E-state index in [9.17, 15) is 14.4 Å². The fraction of sp³-hybridized carbons (Fsp3) is 0.533. The Bertz CT molecular complexity index is 785. The number of hydrogen-bond acceptors (Lipinski definition) is 4. The predicted octanol–water partition coefficient (Wildman–Crippen LogP) is 1.55. The number of rotatable bonds is 6. The molecule has 0 saturated heterocycles. The van der Waals surface area contributed by atoms with Crippen LogP contribution in [0.4, 0.5) is 0 Å². The van der Waals surface area contributed by atoms with Crippen LogP contribution in [-0.2, 0) is 17.9 Å². The second-order valence-corrected chi connectivity index (χ2v) is 6.45. The molecule has 0 unspecified atom stereocenters. The summed E-state index contributed by atoms with van der Waals surface area (Å²) in [5, 5.41) is 4.50. The highest BCUT2D eigenvalue weighted by Crippen LogP contribution is 2.15. The first-order valence-corrected chi connectivity index (χ1v) is 8.33. The zero-order valence-corrected chi connectivity index (χ0v) is 13.9. The van der Waals surface area contributed by atoms with Crippen LogP contribution in [0, 0.1) is 0 Å². The molecule has 120 valence electrons. The van der Waals surface area contributed by atoms with Gasteiger partial charge in [0.05, 0.1) is 5.52 Å². The smallest absolute Gasteiger partial charge is 0.332 e. The van der Waals surface area contributed by atoms with Crippen LogP contribution in [0.15, 0.2) is 21.0 Å². The van der Waals surface area contributed by atoms with Crippen molar-refractivity contribution in [2.24, 2.45) is 0 Å². The standard InChI is InChI=1S/C15H21N3O3S/c1-4-5-7-17-11-6-8-22-13(11)14(20)18(15(17)21)9-12(19)16-10(2)3/h6,8,10H,4-5,7,9H2,1-3H3,(H,16,19). The number of nitrogens with zero attached hydrogens (tertiary/aromatic N) is 2. The van der Waals surface area contributed by atoms with Crippen molar-refractivity contribution in [3.8, 4) is 0 Å². The molecule has 2 rings (SSSR count). The first-order chi connectivity index (χ1) is 10.5. The van der Waals surface area contributed by atoms with Gasteiger partial charge in [0.2, 0.25) is 5.91 Å². The predicted molar refractivity (Wildman–Crippen MR) is 88.5 cm³/mol. The Morgan fingerprint density at radius 3 is 2.68 bits per heavy atom. The normalized spacial score (nSPS) is 11.3. The molecule has 22 heavy (non-hydrogen) atoms. The molecular formula is C15H21N3O3S. The van der Waals surface area contributed by atoms with E-state index in [1.807, 2.05) is 20.8 Å². The lowest BCUT2D eigenvalue weighted by atomic mass is 10.3. The molecule has 0 saturated carbocycles. The van der Waals surface area contributed by atoms with Crippen molar-refractivity contribution in [3.63, 3.8) is 0 Å². The Morgan fingerprint density at radius 2 is 2.05 bits per heavy atom. The van der Waals surface area contributed by atoms with E-state index in [1.165, 1.54) is 11.3 Å². The van der Waals surface area contributed by atoms with E-state index in [1.54, 1.807) is 16.0 Å². The third-order valence-electron chi connectivity index (χ3n) is 3.32. The minimum absolute atomic E-state index is 0.0315. The molecule has 0 aromatic carbocycles. The summed E-state index contributed by atoms with van der Waals surface area (Å²) in [5.41, 5.74) is -0.140. The fourth-order valence-corrected chi connectivity index (χ4v) is 3.16. The van der Waals surface area contributed by atoms with Crippen LogP contribution in [0.1, 0.15) is 33.6 Å². The van der Waals surface area contributed by atoms with Crippen molar-refractivity contribution in [3.05, 3.63) is 32.3 Å². The van der Waals surface area contributed by atoms with Crippen molar-refractivity contribution in [1.29, 1.82) is 0 Å². The van der Waals surface area contributed by atoms with E-state index in [0.29, 0.717) is 16.8 Å². The minimum Gasteiger partial charge on any atom is -0.352 e. The van der Waals surface area contributed by atoms with Gasteiger partial charge >= 0.3 is 5.69 Å². The molecule has 0 aliphatic heterocycles. The third kappa shape index (κ3) is 3.30. The topological polar surface area (TPSA) is 73.1 Å². The highest BCUT2D eigenvalue weighted by Gasteiger charge is 2.16. The molecule has 2 aromatic rings. The lowest BCUT2D eigenvalue weighted by Crippen LogP contribution is -2.44. The van der Waals surface area contributed by atoms with Gasteiger partial charge < -0.3 is 5.32 Å². The summed E-state index contributed by atoms with van der Waals surface area (Å²) in [4.78, 5) is 36.9. The van der Waals surface area contributed by atoms with Crippen LogP contribution in [-0.4, -0.2) is 21.1 Å². The minimum atomic E-state index is -0.414. The summed E-state index contributed by atoms with van der Waals surface area (Å²) < 4.78 is 3.15. The first-order valence-electron chi connectivity index (χ1n) is 7.46. The van der Waals surface area contributed by atoms with Gasteiger partial charge in [-0.05, 0) is 31.7 Å². The highest BCUT2D eigenvalue weighted by atomic mass is 32.1. The van der Waals surface area contributed by atoms with Gasteiger partial charge in [0.15, 0.2) is 0 Å². The van der Waals surface area contributed by atoms with E-state index in [-0.39, 0.29) is 24.1 Å². The third-order valence-corrected chi connectivity index (χ3v) is 4.21. The Hall–Kier alpha value is -1.89. The van der Waals surface area contributed by atoms with Gasteiger partial charge in [-0.3, -0.25) is 14.2 Å². The van der Waals surface area contributed by atoms with Gasteiger partial charge in [-0.2, -0.15) is 0 Å². The summed E-state index contributed by atoms with van der Waals surface area (Å²) >= 11 is 1.30. The lowest BCUT2D eigenvalue weighted by Gasteiger charge is -2.13. The maximum absolute atomic E-state index is 12.6. The Kier molecular flexibility index (Phi) is 5.18. The molecule has 0 aliphatic carbocycles. The first kappa shape index (κ1) is 16.5. The largest absolute Gasteiger partial charge is 0.352 e. The summed E-state index contributed by atoms with van der Waals surface area (Å²) in [6, 6.07) is 1.76. The quantitative estimate of drug-likeness (QED) is 0.876. The molecule has 0 spiro atoms. The number of unbranched alkanes of at least 4 members (excludes halogenated alkanes) is 1. The maximum Gasteiger partial charge on any atom is 0.332 e. The average molecular weight is 323 g/mol. The summed E-state index contributed by atoms with van der Waals surface area (Å²) in [5.74, 6) is -0.327. The summed E-state index contributed by atoms with van der Waals surface area (Å²) in [7, 11) is 0. The van der Waals surface area contributed by atoms with Gasteiger partial charge in [-0.25, -0.2) is 9.36 Å². The molecule has 0 radical (unpaired) electrons. The molecule has 1 amide bonds. The van der Waals surface area contributed by atoms with E-state index in [0.717, 1.165) is 17.4 Å². The number of fused-ring (bicyclic) bond motifs is 1. The average Bonchev–Trinajstić information content (AvgIpc) is 2.92. The lowest BCUT2D eigenvalue weighted by molar-refractivity contribution is -0.122. The number of amides is 1. The van der Waals surface area contributed by atoms with Gasteiger partial charge in [0.1, 0.15) is 11.2 Å². The van der Waals surface area contributed by atoms with E-state index >= 15 is 0 Å². The van der Waals surface area contributed by atoms with E-state index in [2.05, 4.69) is 5.32 Å². The zero-order valence-electron chi connectivity index (χ0n) is 13.1. The molecule has 0 fully saturated rings. The van der Waals surface area contributed by atoms with Crippen LogP contribution in [0.25, 0.3) is 10.2 Å². The molecule has 7 heteroatoms. The summed E-state index contributed by atoms with van der Waals surface area (Å²) in [6.07, 6.45) is 1.80. The second-order valence-electron chi connectivity index (χ2n) is 5.54. The molecule has 2 aromatic heterocycles. The Balaban J connectivity index is 2.51. The number of carbonyl (C=O) groups excluding carboxylic acids is 1. The maximum atomic E-state index is 12.6. The van der Waals surface area contributed by atoms with Gasteiger partial charge in [0.25, 0.3) is 5.56 Å². The number of aromatic nitrogens is 2. The highest BCUT2D eigenvalue weighted by molar-refractivity contribution is 7.17. The molecule has 1 N–H and O–H groups in total. The van der Waals surface area contributed by atoms with Gasteiger partial charge in [0, 0.05) is 12.6 Å². The van der Waals surface area contributed by atoms with Gasteiger partial charge in [-0.15, -0.1) is 11.3 Å². The molecular weight excluding hydrogens is 302 g/mol. The van der Waals surface area contributed by atoms with Crippen LogP contribution in [0.5, 0.6) is 0 Å². The van der Waals surface area contributed by atoms with Crippen molar-refractivity contribution in [2.75, 3.05) is 0 Å². The van der Waals surface area contributed by atoms with E-state index < -0.39 is 5.69 Å². The van der Waals surface area contributed by atoms with Gasteiger partial charge in [-0.1, -0.05) is 13.3 Å².